The van der Waals surface area contributed by atoms with Crippen LogP contribution in [0.25, 0.3) is 10.8 Å². The van der Waals surface area contributed by atoms with E-state index in [2.05, 4.69) is 15.3 Å². The number of nitrogens with zero attached hydrogens (tertiary/aromatic N) is 4. The van der Waals surface area contributed by atoms with Crippen LogP contribution in [0.4, 0.5) is 20.3 Å². The first-order chi connectivity index (χ1) is 19.3. The number of halogens is 2. The second kappa shape index (κ2) is 10.4. The molecule has 2 fully saturated rings. The number of nitrogens with one attached hydrogen (secondary N) is 1. The Bertz CT molecular complexity index is 1460. The molecule has 6 rings (SSSR count). The first-order valence-electron chi connectivity index (χ1n) is 13.8. The van der Waals surface area contributed by atoms with Crippen molar-refractivity contribution in [1.82, 2.24) is 15.3 Å². The lowest BCUT2D eigenvalue weighted by Crippen LogP contribution is -2.42. The Morgan fingerprint density at radius 2 is 2.10 bits per heavy atom. The molecule has 0 aliphatic carbocycles. The molecule has 1 amide bonds. The van der Waals surface area contributed by atoms with E-state index in [1.54, 1.807) is 12.1 Å². The molecule has 40 heavy (non-hydrogen) atoms. The Hall–Kier alpha value is -3.57. The van der Waals surface area contributed by atoms with E-state index in [1.165, 1.54) is 17.0 Å². The van der Waals surface area contributed by atoms with Crippen molar-refractivity contribution >= 4 is 28.2 Å². The number of hydrogen-bond donors (Lipinski definition) is 2. The van der Waals surface area contributed by atoms with Gasteiger partial charge in [0.25, 0.3) is 5.91 Å². The van der Waals surface area contributed by atoms with Crippen molar-refractivity contribution in [3.63, 3.8) is 0 Å². The summed E-state index contributed by atoms with van der Waals surface area (Å²) in [6, 6.07) is 6.16. The summed E-state index contributed by atoms with van der Waals surface area (Å²) in [7, 11) is 0. The molecule has 2 saturated heterocycles. The maximum Gasteiger partial charge on any atom is 0.318 e. The molecule has 3 aromatic rings. The number of ether oxygens (including phenoxy) is 2. The van der Waals surface area contributed by atoms with Crippen LogP contribution in [0.5, 0.6) is 11.8 Å². The fraction of sp³-hybridized carbons (Fsp3) is 0.483. The number of aromatic nitrogens is 2. The number of rotatable bonds is 6. The van der Waals surface area contributed by atoms with Crippen molar-refractivity contribution in [2.75, 3.05) is 49.3 Å². The molecule has 2 aromatic carbocycles. The van der Waals surface area contributed by atoms with E-state index in [1.807, 2.05) is 18.7 Å². The van der Waals surface area contributed by atoms with Crippen LogP contribution in [0, 0.1) is 5.82 Å². The minimum atomic E-state index is -0.941. The molecular formula is C29H33F2N5O4. The molecule has 0 radical (unpaired) electrons. The highest BCUT2D eigenvalue weighted by Gasteiger charge is 2.39. The Balaban J connectivity index is 1.42. The fourth-order valence-corrected chi connectivity index (χ4v) is 5.97. The van der Waals surface area contributed by atoms with Crippen molar-refractivity contribution in [1.29, 1.82) is 0 Å². The first-order valence-corrected chi connectivity index (χ1v) is 13.8. The molecule has 2 N–H and O–H groups in total. The van der Waals surface area contributed by atoms with Gasteiger partial charge in [-0.05, 0) is 42.8 Å². The highest BCUT2D eigenvalue weighted by atomic mass is 19.1. The predicted octanol–water partition coefficient (Wildman–Crippen LogP) is 3.89. The second-order valence-electron chi connectivity index (χ2n) is 11.0. The van der Waals surface area contributed by atoms with Gasteiger partial charge in [0.1, 0.15) is 35.7 Å². The normalized spacial score (nSPS) is 23.1. The number of benzene rings is 2. The smallest absolute Gasteiger partial charge is 0.318 e. The van der Waals surface area contributed by atoms with E-state index in [9.17, 15) is 18.7 Å². The molecule has 212 valence electrons. The zero-order chi connectivity index (χ0) is 28.0. The van der Waals surface area contributed by atoms with Crippen LogP contribution in [-0.2, 0) is 17.7 Å². The van der Waals surface area contributed by atoms with Crippen LogP contribution in [0.2, 0.25) is 0 Å². The molecule has 4 heterocycles. The first kappa shape index (κ1) is 26.6. The van der Waals surface area contributed by atoms with Crippen LogP contribution < -0.4 is 19.9 Å². The number of fused-ring (bicyclic) bond motifs is 2. The molecule has 0 bridgehead atoms. The van der Waals surface area contributed by atoms with Gasteiger partial charge in [0.05, 0.1) is 30.1 Å². The van der Waals surface area contributed by atoms with Crippen molar-refractivity contribution < 1.29 is 28.2 Å². The van der Waals surface area contributed by atoms with Crippen molar-refractivity contribution in [2.45, 2.75) is 51.4 Å². The molecule has 9 nitrogen and oxygen atoms in total. The molecule has 11 heteroatoms. The number of aryl methyl sites for hydroxylation is 1. The van der Waals surface area contributed by atoms with E-state index in [-0.39, 0.29) is 43.2 Å². The van der Waals surface area contributed by atoms with Gasteiger partial charge in [-0.25, -0.2) is 8.78 Å². The van der Waals surface area contributed by atoms with Crippen LogP contribution in [0.1, 0.15) is 48.3 Å². The lowest BCUT2D eigenvalue weighted by atomic mass is 9.99. The summed E-state index contributed by atoms with van der Waals surface area (Å²) in [6.07, 6.45) is 0.562. The lowest BCUT2D eigenvalue weighted by Gasteiger charge is -2.25. The van der Waals surface area contributed by atoms with Gasteiger partial charge < -0.3 is 29.7 Å². The number of carbonyl (C=O) groups is 1. The largest absolute Gasteiger partial charge is 0.508 e. The van der Waals surface area contributed by atoms with E-state index < -0.39 is 11.7 Å². The maximum absolute atomic E-state index is 14.9. The summed E-state index contributed by atoms with van der Waals surface area (Å²) in [5.41, 5.74) is 1.17. The predicted molar refractivity (Wildman–Crippen MR) is 147 cm³/mol. The summed E-state index contributed by atoms with van der Waals surface area (Å²) in [6.45, 7) is 6.58. The van der Waals surface area contributed by atoms with Gasteiger partial charge in [-0.2, -0.15) is 9.97 Å². The molecule has 0 saturated carbocycles. The SMILES string of the molecule is CCc1c(F)ccc2cc(O)cc(N3Cc4nc(OCC5(C)CC(F)CN5)nc(N5CCCOCC5)c4C3=O)c12. The molecule has 2 atom stereocenters. The van der Waals surface area contributed by atoms with E-state index in [4.69, 9.17) is 9.47 Å². The third-order valence-electron chi connectivity index (χ3n) is 7.95. The summed E-state index contributed by atoms with van der Waals surface area (Å²) >= 11 is 0. The fourth-order valence-electron chi connectivity index (χ4n) is 5.97. The Labute approximate surface area is 231 Å². The number of carbonyl (C=O) groups excluding carboxylic acids is 1. The summed E-state index contributed by atoms with van der Waals surface area (Å²) in [5, 5.41) is 14.9. The number of aromatic hydroxyl groups is 1. The molecule has 2 unspecified atom stereocenters. The number of amides is 1. The highest BCUT2D eigenvalue weighted by Crippen LogP contribution is 2.41. The topological polar surface area (TPSA) is 100 Å². The van der Waals surface area contributed by atoms with Gasteiger partial charge in [0, 0.05) is 44.1 Å². The Kier molecular flexibility index (Phi) is 6.95. The highest BCUT2D eigenvalue weighted by molar-refractivity contribution is 6.16. The zero-order valence-corrected chi connectivity index (χ0v) is 22.7. The van der Waals surface area contributed by atoms with Gasteiger partial charge >= 0.3 is 6.01 Å². The number of hydrogen-bond acceptors (Lipinski definition) is 8. The molecule has 3 aliphatic heterocycles. The standard InChI is InChI=1S/C29H33F2N5O4/c1-3-20-21(31)6-5-17-11-19(37)12-23(24(17)20)36-15-22-25(27(36)38)26(35-7-4-9-39-10-8-35)34-28(33-22)40-16-29(2)13-18(30)14-32-29/h5-6,11-12,18,32,37H,3-4,7-10,13-16H2,1-2H3. The second-order valence-corrected chi connectivity index (χ2v) is 11.0. The average molecular weight is 554 g/mol. The molecular weight excluding hydrogens is 520 g/mol. The van der Waals surface area contributed by atoms with Gasteiger partial charge in [0.15, 0.2) is 0 Å². The maximum atomic E-state index is 14.9. The van der Waals surface area contributed by atoms with Crippen LogP contribution in [0.3, 0.4) is 0 Å². The third kappa shape index (κ3) is 4.81. The van der Waals surface area contributed by atoms with Crippen molar-refractivity contribution in [2.24, 2.45) is 0 Å². The Morgan fingerprint density at radius 1 is 1.25 bits per heavy atom. The van der Waals surface area contributed by atoms with Crippen molar-refractivity contribution in [3.05, 3.63) is 46.9 Å². The molecule has 0 spiro atoms. The lowest BCUT2D eigenvalue weighted by molar-refractivity contribution is 0.0996. The van der Waals surface area contributed by atoms with Gasteiger partial charge in [-0.1, -0.05) is 13.0 Å². The Morgan fingerprint density at radius 3 is 2.88 bits per heavy atom. The molecule has 3 aliphatic rings. The van der Waals surface area contributed by atoms with E-state index in [0.29, 0.717) is 78.2 Å². The summed E-state index contributed by atoms with van der Waals surface area (Å²) < 4.78 is 40.4. The van der Waals surface area contributed by atoms with Crippen LogP contribution >= 0.6 is 0 Å². The third-order valence-corrected chi connectivity index (χ3v) is 7.95. The van der Waals surface area contributed by atoms with Gasteiger partial charge in [-0.3, -0.25) is 4.79 Å². The van der Waals surface area contributed by atoms with E-state index >= 15 is 0 Å². The number of alkyl halides is 1. The zero-order valence-electron chi connectivity index (χ0n) is 22.7. The number of phenolic OH excluding ortho intramolecular Hbond substituents is 1. The van der Waals surface area contributed by atoms with Gasteiger partial charge in [0.2, 0.25) is 0 Å². The minimum absolute atomic E-state index is 0.0246. The summed E-state index contributed by atoms with van der Waals surface area (Å²) in [5.74, 6) is -0.262. The van der Waals surface area contributed by atoms with Gasteiger partial charge in [-0.15, -0.1) is 0 Å². The monoisotopic (exact) mass is 553 g/mol. The summed E-state index contributed by atoms with van der Waals surface area (Å²) in [4.78, 5) is 26.9. The van der Waals surface area contributed by atoms with Crippen molar-refractivity contribution in [3.8, 4) is 11.8 Å². The quantitative estimate of drug-likeness (QED) is 0.475. The molecule has 1 aromatic heterocycles. The van der Waals surface area contributed by atoms with Crippen LogP contribution in [-0.4, -0.2) is 72.1 Å². The minimum Gasteiger partial charge on any atom is -0.508 e. The number of anilines is 2. The average Bonchev–Trinajstić information content (AvgIpc) is 3.30. The van der Waals surface area contributed by atoms with Crippen LogP contribution in [0.15, 0.2) is 24.3 Å². The number of phenols is 1. The van der Waals surface area contributed by atoms with E-state index in [0.717, 1.165) is 6.42 Å².